The van der Waals surface area contributed by atoms with Gasteiger partial charge >= 0.3 is 0 Å². The average Bonchev–Trinajstić information content (AvgIpc) is 2.60. The number of methoxy groups -OCH3 is 2. The van der Waals surface area contributed by atoms with Gasteiger partial charge < -0.3 is 49.2 Å². The van der Waals surface area contributed by atoms with Crippen LogP contribution < -0.4 is 0 Å². The van der Waals surface area contributed by atoms with E-state index in [1.807, 2.05) is 0 Å². The first-order chi connectivity index (χ1) is 11.5. The van der Waals surface area contributed by atoms with Gasteiger partial charge in [-0.15, -0.1) is 0 Å². The van der Waals surface area contributed by atoms with Crippen LogP contribution in [-0.4, -0.2) is 108 Å². The molecule has 0 aromatic rings. The summed E-state index contributed by atoms with van der Waals surface area (Å²) in [5.74, 6) is 0. The molecule has 0 bridgehead atoms. The lowest BCUT2D eigenvalue weighted by molar-refractivity contribution is -0.347. The van der Waals surface area contributed by atoms with Gasteiger partial charge in [-0.1, -0.05) is 0 Å². The molecule has 24 heavy (non-hydrogen) atoms. The van der Waals surface area contributed by atoms with E-state index >= 15 is 0 Å². The third-order valence-corrected chi connectivity index (χ3v) is 4.34. The summed E-state index contributed by atoms with van der Waals surface area (Å²) in [6, 6.07) is 0. The van der Waals surface area contributed by atoms with Crippen LogP contribution in [-0.2, 0) is 23.7 Å². The van der Waals surface area contributed by atoms with E-state index in [9.17, 15) is 25.5 Å². The number of aliphatic hydroxyl groups is 5. The maximum Gasteiger partial charge on any atom is 0.186 e. The van der Waals surface area contributed by atoms with E-state index in [4.69, 9.17) is 23.7 Å². The van der Waals surface area contributed by atoms with E-state index in [1.165, 1.54) is 14.2 Å². The molecular weight excluding hydrogens is 328 g/mol. The molecule has 8 unspecified atom stereocenters. The standard InChI is InChI=1S/C14H26O10/c1-20-7-3-6(17)13(22-8(7)4-15)24-12-9(5-16)23-14(21-2)11(19)10(12)18/h6-19H,3-5H2,1-2H3/t6?,7?,8?,9-,10?,11?,12?,13?,14?/m0/s1. The second kappa shape index (κ2) is 8.81. The van der Waals surface area contributed by atoms with Crippen molar-refractivity contribution in [3.63, 3.8) is 0 Å². The average molecular weight is 354 g/mol. The second-order valence-corrected chi connectivity index (χ2v) is 5.85. The van der Waals surface area contributed by atoms with Crippen molar-refractivity contribution in [3.8, 4) is 0 Å². The third kappa shape index (κ3) is 4.05. The topological polar surface area (TPSA) is 147 Å². The van der Waals surface area contributed by atoms with Gasteiger partial charge in [0.15, 0.2) is 12.6 Å². The first kappa shape index (κ1) is 19.9. The minimum atomic E-state index is -1.43. The smallest absolute Gasteiger partial charge is 0.186 e. The molecule has 5 N–H and O–H groups in total. The third-order valence-electron chi connectivity index (χ3n) is 4.34. The Kier molecular flexibility index (Phi) is 7.31. The zero-order valence-electron chi connectivity index (χ0n) is 13.6. The highest BCUT2D eigenvalue weighted by atomic mass is 16.7. The van der Waals surface area contributed by atoms with Gasteiger partial charge in [-0.05, 0) is 0 Å². The van der Waals surface area contributed by atoms with Crippen molar-refractivity contribution in [2.75, 3.05) is 27.4 Å². The highest BCUT2D eigenvalue weighted by molar-refractivity contribution is 4.92. The molecule has 2 fully saturated rings. The van der Waals surface area contributed by atoms with Crippen molar-refractivity contribution in [1.82, 2.24) is 0 Å². The van der Waals surface area contributed by atoms with Crippen LogP contribution in [0.15, 0.2) is 0 Å². The minimum Gasteiger partial charge on any atom is -0.394 e. The van der Waals surface area contributed by atoms with Gasteiger partial charge in [0.1, 0.15) is 36.6 Å². The van der Waals surface area contributed by atoms with Gasteiger partial charge in [-0.2, -0.15) is 0 Å². The Morgan fingerprint density at radius 2 is 1.50 bits per heavy atom. The molecule has 2 aliphatic rings. The van der Waals surface area contributed by atoms with E-state index in [0.29, 0.717) is 0 Å². The highest BCUT2D eigenvalue weighted by Crippen LogP contribution is 2.29. The summed E-state index contributed by atoms with van der Waals surface area (Å²) in [5, 5.41) is 49.1. The molecule has 2 rings (SSSR count). The first-order valence-corrected chi connectivity index (χ1v) is 7.74. The van der Waals surface area contributed by atoms with Crippen LogP contribution >= 0.6 is 0 Å². The van der Waals surface area contributed by atoms with Crippen LogP contribution in [0.1, 0.15) is 6.42 Å². The van der Waals surface area contributed by atoms with Crippen molar-refractivity contribution < 1.29 is 49.2 Å². The van der Waals surface area contributed by atoms with Gasteiger partial charge in [0.25, 0.3) is 0 Å². The Bertz CT molecular complexity index is 381. The molecule has 2 heterocycles. The summed E-state index contributed by atoms with van der Waals surface area (Å²) >= 11 is 0. The van der Waals surface area contributed by atoms with Crippen molar-refractivity contribution in [2.24, 2.45) is 0 Å². The number of ether oxygens (including phenoxy) is 5. The largest absolute Gasteiger partial charge is 0.394 e. The lowest BCUT2D eigenvalue weighted by Crippen LogP contribution is -2.62. The lowest BCUT2D eigenvalue weighted by atomic mass is 9.98. The maximum atomic E-state index is 10.2. The Hall–Kier alpha value is -0.400. The van der Waals surface area contributed by atoms with E-state index in [1.54, 1.807) is 0 Å². The maximum absolute atomic E-state index is 10.2. The molecule has 2 saturated heterocycles. The van der Waals surface area contributed by atoms with Crippen LogP contribution in [0.25, 0.3) is 0 Å². The molecule has 0 aromatic heterocycles. The lowest BCUT2D eigenvalue weighted by Gasteiger charge is -2.45. The second-order valence-electron chi connectivity index (χ2n) is 5.85. The Labute approximate surface area is 139 Å². The SMILES string of the molecule is COC1CC(O)C(OC2C(O)C(O)C(OC)O[C@H]2CO)OC1CO. The predicted octanol–water partition coefficient (Wildman–Crippen LogP) is -3.06. The normalized spacial score (nSPS) is 46.9. The van der Waals surface area contributed by atoms with E-state index in [0.717, 1.165) is 0 Å². The van der Waals surface area contributed by atoms with Crippen LogP contribution in [0.5, 0.6) is 0 Å². The number of hydrogen-bond donors (Lipinski definition) is 5. The van der Waals surface area contributed by atoms with Gasteiger partial charge in [-0.3, -0.25) is 0 Å². The molecule has 2 aliphatic heterocycles. The fourth-order valence-electron chi connectivity index (χ4n) is 2.95. The molecule has 0 saturated carbocycles. The van der Waals surface area contributed by atoms with Crippen LogP contribution in [0.2, 0.25) is 0 Å². The molecule has 10 nitrogen and oxygen atoms in total. The molecule has 0 aromatic carbocycles. The quantitative estimate of drug-likeness (QED) is 0.333. The minimum absolute atomic E-state index is 0.156. The Morgan fingerprint density at radius 3 is 2.04 bits per heavy atom. The fraction of sp³-hybridized carbons (Fsp3) is 1.00. The molecule has 10 heteroatoms. The molecule has 0 spiro atoms. The summed E-state index contributed by atoms with van der Waals surface area (Å²) < 4.78 is 26.4. The van der Waals surface area contributed by atoms with Crippen LogP contribution in [0.4, 0.5) is 0 Å². The summed E-state index contributed by atoms with van der Waals surface area (Å²) in [5.41, 5.74) is 0. The highest BCUT2D eigenvalue weighted by Gasteiger charge is 2.48. The van der Waals surface area contributed by atoms with Gasteiger partial charge in [-0.25, -0.2) is 0 Å². The zero-order valence-corrected chi connectivity index (χ0v) is 13.6. The number of aliphatic hydroxyl groups excluding tert-OH is 5. The van der Waals surface area contributed by atoms with Crippen molar-refractivity contribution in [3.05, 3.63) is 0 Å². The fourth-order valence-corrected chi connectivity index (χ4v) is 2.95. The van der Waals surface area contributed by atoms with Crippen molar-refractivity contribution in [2.45, 2.75) is 61.7 Å². The summed E-state index contributed by atoms with van der Waals surface area (Å²) in [4.78, 5) is 0. The molecule has 142 valence electrons. The van der Waals surface area contributed by atoms with Crippen molar-refractivity contribution >= 4 is 0 Å². The van der Waals surface area contributed by atoms with Crippen LogP contribution in [0, 0.1) is 0 Å². The number of rotatable bonds is 6. The van der Waals surface area contributed by atoms with E-state index in [2.05, 4.69) is 0 Å². The molecule has 9 atom stereocenters. The van der Waals surface area contributed by atoms with Crippen molar-refractivity contribution in [1.29, 1.82) is 0 Å². The van der Waals surface area contributed by atoms with Crippen LogP contribution in [0.3, 0.4) is 0 Å². The van der Waals surface area contributed by atoms with Gasteiger partial charge in [0.05, 0.1) is 19.3 Å². The summed E-state index contributed by atoms with van der Waals surface area (Å²) in [7, 11) is 2.73. The summed E-state index contributed by atoms with van der Waals surface area (Å²) in [6.45, 7) is -0.839. The zero-order chi connectivity index (χ0) is 17.9. The molecular formula is C14H26O10. The predicted molar refractivity (Wildman–Crippen MR) is 76.8 cm³/mol. The molecule has 0 radical (unpaired) electrons. The number of hydrogen-bond acceptors (Lipinski definition) is 10. The van der Waals surface area contributed by atoms with Gasteiger partial charge in [0, 0.05) is 20.6 Å². The van der Waals surface area contributed by atoms with Gasteiger partial charge in [0.2, 0.25) is 0 Å². The van der Waals surface area contributed by atoms with E-state index in [-0.39, 0.29) is 13.0 Å². The Balaban J connectivity index is 2.07. The van der Waals surface area contributed by atoms with E-state index < -0.39 is 61.9 Å². The molecule has 0 amide bonds. The molecule has 0 aliphatic carbocycles. The monoisotopic (exact) mass is 354 g/mol. The first-order valence-electron chi connectivity index (χ1n) is 7.74. The summed E-state index contributed by atoms with van der Waals surface area (Å²) in [6.07, 6.45) is -9.41. The Morgan fingerprint density at radius 1 is 0.875 bits per heavy atom.